The minimum atomic E-state index is -0.135. The van der Waals surface area contributed by atoms with Gasteiger partial charge in [0.05, 0.1) is 0 Å². The molecule has 0 radical (unpaired) electrons. The first-order valence-electron chi connectivity index (χ1n) is 8.98. The SMILES string of the molecule is CN(C)c1ccc(C(=O)NC[C@@H]2C[C@@]23CCCc2ccccc23)nn1. The molecule has 1 saturated carbocycles. The molecule has 0 unspecified atom stereocenters. The van der Waals surface area contributed by atoms with Gasteiger partial charge in [0.15, 0.2) is 11.5 Å². The molecule has 1 aromatic carbocycles. The van der Waals surface area contributed by atoms with Crippen LogP contribution in [0.4, 0.5) is 5.82 Å². The standard InChI is InChI=1S/C20H24N4O/c1-24(2)18-10-9-17(22-23-18)19(25)21-13-15-12-20(15)11-5-7-14-6-3-4-8-16(14)20/h3-4,6,8-10,15H,5,7,11-13H2,1-2H3,(H,21,25)/t15-,20-/m0/s1. The predicted octanol–water partition coefficient (Wildman–Crippen LogP) is 2.57. The fourth-order valence-electron chi connectivity index (χ4n) is 4.23. The summed E-state index contributed by atoms with van der Waals surface area (Å²) in [5, 5.41) is 11.2. The molecule has 1 amide bonds. The molecule has 2 atom stereocenters. The molecule has 0 aliphatic heterocycles. The predicted molar refractivity (Wildman–Crippen MR) is 97.9 cm³/mol. The summed E-state index contributed by atoms with van der Waals surface area (Å²) in [6.45, 7) is 0.713. The molecule has 4 rings (SSSR count). The van der Waals surface area contributed by atoms with E-state index in [2.05, 4.69) is 39.8 Å². The lowest BCUT2D eigenvalue weighted by Gasteiger charge is -2.26. The van der Waals surface area contributed by atoms with Gasteiger partial charge in [0.1, 0.15) is 0 Å². The molecule has 1 heterocycles. The number of fused-ring (bicyclic) bond motifs is 2. The number of benzene rings is 1. The molecule has 130 valence electrons. The zero-order chi connectivity index (χ0) is 17.4. The molecule has 1 N–H and O–H groups in total. The smallest absolute Gasteiger partial charge is 0.271 e. The van der Waals surface area contributed by atoms with Gasteiger partial charge in [0.2, 0.25) is 0 Å². The summed E-state index contributed by atoms with van der Waals surface area (Å²) in [6, 6.07) is 12.4. The number of nitrogens with zero attached hydrogens (tertiary/aromatic N) is 3. The number of aromatic nitrogens is 2. The zero-order valence-electron chi connectivity index (χ0n) is 14.8. The van der Waals surface area contributed by atoms with Crippen LogP contribution in [-0.2, 0) is 11.8 Å². The first kappa shape index (κ1) is 16.1. The number of carbonyl (C=O) groups is 1. The van der Waals surface area contributed by atoms with Gasteiger partial charge < -0.3 is 10.2 Å². The highest BCUT2D eigenvalue weighted by Gasteiger charge is 2.56. The lowest BCUT2D eigenvalue weighted by molar-refractivity contribution is 0.0945. The second-order valence-electron chi connectivity index (χ2n) is 7.45. The Morgan fingerprint density at radius 2 is 2.08 bits per heavy atom. The summed E-state index contributed by atoms with van der Waals surface area (Å²) in [5.41, 5.74) is 3.68. The van der Waals surface area contributed by atoms with Gasteiger partial charge in [-0.25, -0.2) is 0 Å². The topological polar surface area (TPSA) is 58.1 Å². The number of carbonyl (C=O) groups excluding carboxylic acids is 1. The Hall–Kier alpha value is -2.43. The molecule has 25 heavy (non-hydrogen) atoms. The van der Waals surface area contributed by atoms with E-state index in [0.29, 0.717) is 23.6 Å². The Kier molecular flexibility index (Phi) is 3.94. The monoisotopic (exact) mass is 336 g/mol. The van der Waals surface area contributed by atoms with Crippen LogP contribution >= 0.6 is 0 Å². The van der Waals surface area contributed by atoms with Gasteiger partial charge in [-0.2, -0.15) is 0 Å². The molecule has 2 aliphatic rings. The third-order valence-electron chi connectivity index (χ3n) is 5.71. The lowest BCUT2D eigenvalue weighted by Crippen LogP contribution is -2.30. The number of amides is 1. The molecule has 5 heteroatoms. The number of anilines is 1. The van der Waals surface area contributed by atoms with Crippen molar-refractivity contribution in [1.82, 2.24) is 15.5 Å². The molecule has 1 fully saturated rings. The minimum Gasteiger partial charge on any atom is -0.361 e. The van der Waals surface area contributed by atoms with E-state index in [1.165, 1.54) is 36.8 Å². The third kappa shape index (κ3) is 2.88. The van der Waals surface area contributed by atoms with Crippen molar-refractivity contribution in [2.45, 2.75) is 31.1 Å². The summed E-state index contributed by atoms with van der Waals surface area (Å²) in [5.74, 6) is 1.15. The third-order valence-corrected chi connectivity index (χ3v) is 5.71. The molecule has 0 bridgehead atoms. The van der Waals surface area contributed by atoms with Gasteiger partial charge >= 0.3 is 0 Å². The van der Waals surface area contributed by atoms with Crippen molar-refractivity contribution in [1.29, 1.82) is 0 Å². The quantitative estimate of drug-likeness (QED) is 0.932. The lowest BCUT2D eigenvalue weighted by atomic mass is 9.78. The van der Waals surface area contributed by atoms with Crippen molar-refractivity contribution in [3.05, 3.63) is 53.2 Å². The minimum absolute atomic E-state index is 0.135. The normalized spacial score (nSPS) is 23.8. The number of rotatable bonds is 4. The highest BCUT2D eigenvalue weighted by atomic mass is 16.1. The Morgan fingerprint density at radius 3 is 2.84 bits per heavy atom. The molecular formula is C20H24N4O. The van der Waals surface area contributed by atoms with E-state index in [1.807, 2.05) is 25.1 Å². The van der Waals surface area contributed by atoms with Crippen molar-refractivity contribution in [3.63, 3.8) is 0 Å². The van der Waals surface area contributed by atoms with E-state index in [0.717, 1.165) is 5.82 Å². The molecule has 2 aliphatic carbocycles. The van der Waals surface area contributed by atoms with E-state index in [4.69, 9.17) is 0 Å². The van der Waals surface area contributed by atoms with Crippen LogP contribution < -0.4 is 10.2 Å². The number of aryl methyl sites for hydroxylation is 1. The van der Waals surface area contributed by atoms with E-state index in [-0.39, 0.29) is 5.91 Å². The summed E-state index contributed by atoms with van der Waals surface area (Å²) < 4.78 is 0. The fourth-order valence-corrected chi connectivity index (χ4v) is 4.23. The molecule has 2 aromatic rings. The van der Waals surface area contributed by atoms with Crippen molar-refractivity contribution in [3.8, 4) is 0 Å². The van der Waals surface area contributed by atoms with Gasteiger partial charge in [0.25, 0.3) is 5.91 Å². The average Bonchev–Trinajstić information content (AvgIpc) is 3.33. The fraction of sp³-hybridized carbons (Fsp3) is 0.450. The van der Waals surface area contributed by atoms with Crippen LogP contribution in [0.3, 0.4) is 0 Å². The summed E-state index contributed by atoms with van der Waals surface area (Å²) in [4.78, 5) is 14.2. The van der Waals surface area contributed by atoms with E-state index in [9.17, 15) is 4.79 Å². The Morgan fingerprint density at radius 1 is 1.24 bits per heavy atom. The van der Waals surface area contributed by atoms with Crippen molar-refractivity contribution < 1.29 is 4.79 Å². The number of hydrogen-bond donors (Lipinski definition) is 1. The van der Waals surface area contributed by atoms with E-state index in [1.54, 1.807) is 6.07 Å². The highest BCUT2D eigenvalue weighted by molar-refractivity contribution is 5.92. The van der Waals surface area contributed by atoms with E-state index >= 15 is 0 Å². The van der Waals surface area contributed by atoms with Crippen molar-refractivity contribution in [2.24, 2.45) is 5.92 Å². The zero-order valence-corrected chi connectivity index (χ0v) is 14.8. The van der Waals surface area contributed by atoms with E-state index < -0.39 is 0 Å². The maximum atomic E-state index is 12.3. The van der Waals surface area contributed by atoms with Gasteiger partial charge in [0, 0.05) is 26.1 Å². The van der Waals surface area contributed by atoms with Crippen molar-refractivity contribution >= 4 is 11.7 Å². The van der Waals surface area contributed by atoms with Crippen molar-refractivity contribution in [2.75, 3.05) is 25.5 Å². The maximum Gasteiger partial charge on any atom is 0.271 e. The number of nitrogens with one attached hydrogen (secondary N) is 1. The van der Waals surface area contributed by atoms with Crippen LogP contribution in [0, 0.1) is 5.92 Å². The average molecular weight is 336 g/mol. The van der Waals surface area contributed by atoms with Crippen LogP contribution in [0.2, 0.25) is 0 Å². The first-order valence-corrected chi connectivity index (χ1v) is 8.98. The van der Waals surface area contributed by atoms with Crippen LogP contribution in [0.1, 0.15) is 40.9 Å². The number of hydrogen-bond acceptors (Lipinski definition) is 4. The van der Waals surface area contributed by atoms with Gasteiger partial charge in [-0.3, -0.25) is 4.79 Å². The molecule has 1 spiro atoms. The first-order chi connectivity index (χ1) is 12.1. The highest BCUT2D eigenvalue weighted by Crippen LogP contribution is 2.59. The summed E-state index contributed by atoms with van der Waals surface area (Å²) in [6.07, 6.45) is 4.85. The molecule has 1 aromatic heterocycles. The Balaban J connectivity index is 1.40. The second kappa shape index (κ2) is 6.14. The van der Waals surface area contributed by atoms with Gasteiger partial charge in [-0.05, 0) is 54.9 Å². The largest absolute Gasteiger partial charge is 0.361 e. The van der Waals surface area contributed by atoms with Crippen LogP contribution in [0.25, 0.3) is 0 Å². The van der Waals surface area contributed by atoms with Crippen LogP contribution in [0.5, 0.6) is 0 Å². The molecular weight excluding hydrogens is 312 g/mol. The Bertz CT molecular complexity index is 787. The van der Waals surface area contributed by atoms with Crippen LogP contribution in [-0.4, -0.2) is 36.7 Å². The molecule has 5 nitrogen and oxygen atoms in total. The molecule has 0 saturated heterocycles. The summed E-state index contributed by atoms with van der Waals surface area (Å²) in [7, 11) is 3.80. The maximum absolute atomic E-state index is 12.3. The van der Waals surface area contributed by atoms with Gasteiger partial charge in [-0.1, -0.05) is 24.3 Å². The van der Waals surface area contributed by atoms with Gasteiger partial charge in [-0.15, -0.1) is 10.2 Å². The van der Waals surface area contributed by atoms with Crippen LogP contribution in [0.15, 0.2) is 36.4 Å². The summed E-state index contributed by atoms with van der Waals surface area (Å²) >= 11 is 0. The second-order valence-corrected chi connectivity index (χ2v) is 7.45. The Labute approximate surface area is 148 Å².